The van der Waals surface area contributed by atoms with Crippen molar-refractivity contribution in [2.24, 2.45) is 0 Å². The first kappa shape index (κ1) is 41.2. The third-order valence-corrected chi connectivity index (χ3v) is 16.3. The molecular formula is C54H56N2OSe2. The molecule has 8 rings (SSSR count). The summed E-state index contributed by atoms with van der Waals surface area (Å²) in [5.74, 6) is 1.64. The molecule has 4 aromatic carbocycles. The number of nitrogens with zero attached hydrogens (tertiary/aromatic N) is 2. The Morgan fingerprint density at radius 2 is 0.729 bits per heavy atom. The van der Waals surface area contributed by atoms with Gasteiger partial charge < -0.3 is 0 Å². The van der Waals surface area contributed by atoms with Gasteiger partial charge in [0.1, 0.15) is 0 Å². The van der Waals surface area contributed by atoms with Gasteiger partial charge in [-0.1, -0.05) is 0 Å². The number of ether oxygens (including phenoxy) is 1. The first-order valence-electron chi connectivity index (χ1n) is 20.7. The van der Waals surface area contributed by atoms with Crippen LogP contribution in [0, 0.1) is 0 Å². The van der Waals surface area contributed by atoms with E-state index in [1.54, 1.807) is 0 Å². The van der Waals surface area contributed by atoms with E-state index in [1.165, 1.54) is 61.5 Å². The number of hydrogen-bond acceptors (Lipinski definition) is 3. The Morgan fingerprint density at radius 1 is 0.373 bits per heavy atom. The van der Waals surface area contributed by atoms with Crippen LogP contribution in [-0.4, -0.2) is 39.0 Å². The van der Waals surface area contributed by atoms with Gasteiger partial charge in [-0.2, -0.15) is 0 Å². The van der Waals surface area contributed by atoms with Gasteiger partial charge in [0.15, 0.2) is 0 Å². The molecule has 8 aromatic rings. The fourth-order valence-corrected chi connectivity index (χ4v) is 12.4. The molecule has 0 aliphatic heterocycles. The Labute approximate surface area is 363 Å². The van der Waals surface area contributed by atoms with E-state index < -0.39 is 0 Å². The van der Waals surface area contributed by atoms with Crippen LogP contribution in [0.4, 0.5) is 0 Å². The van der Waals surface area contributed by atoms with E-state index in [0.29, 0.717) is 0 Å². The summed E-state index contributed by atoms with van der Waals surface area (Å²) in [5, 5.41) is 2.53. The van der Waals surface area contributed by atoms with Crippen molar-refractivity contribution in [2.75, 3.05) is 0 Å². The second-order valence-electron chi connectivity index (χ2n) is 20.1. The molecule has 0 saturated heterocycles. The quantitative estimate of drug-likeness (QED) is 0.156. The van der Waals surface area contributed by atoms with E-state index in [9.17, 15) is 0 Å². The van der Waals surface area contributed by atoms with Crippen LogP contribution in [0.5, 0.6) is 11.5 Å². The molecule has 5 heteroatoms. The third kappa shape index (κ3) is 8.73. The number of pyridine rings is 2. The molecule has 0 spiro atoms. The van der Waals surface area contributed by atoms with E-state index in [1.807, 2.05) is 12.4 Å². The monoisotopic (exact) mass is 908 g/mol. The standard InChI is InChI=1S/C54H56N2OSe2/c1-51(2,3)39-17-13-33(14-18-39)45-29-35-21-23-55-47(49(35)58-45)37-25-41(53(7,8)9)31-43(27-37)57-44-28-38(26-42(32-44)54(10,11)12)48-50-36(22-24-56-48)30-46(59-50)34-15-19-40(20-16-34)52(4,5)6/h13-32H,1-12H3. The van der Waals surface area contributed by atoms with Crippen molar-refractivity contribution in [1.82, 2.24) is 9.97 Å². The number of hydrogen-bond donors (Lipinski definition) is 0. The van der Waals surface area contributed by atoms with Crippen LogP contribution >= 0.6 is 0 Å². The molecular weight excluding hydrogens is 851 g/mol. The number of fused-ring (bicyclic) bond motifs is 2. The van der Waals surface area contributed by atoms with Crippen molar-refractivity contribution in [1.29, 1.82) is 0 Å². The minimum absolute atomic E-state index is 0.0950. The molecule has 0 radical (unpaired) electrons. The first-order chi connectivity index (χ1) is 27.7. The molecule has 4 heterocycles. The molecule has 0 amide bonds. The van der Waals surface area contributed by atoms with Crippen LogP contribution in [0.15, 0.2) is 122 Å². The minimum atomic E-state index is -0.0950. The predicted octanol–water partition coefficient (Wildman–Crippen LogP) is 14.5. The Bertz CT molecular complexity index is 2620. The summed E-state index contributed by atoms with van der Waals surface area (Å²) >= 11 is 0.234. The van der Waals surface area contributed by atoms with Crippen LogP contribution in [0.1, 0.15) is 105 Å². The molecule has 4 aromatic heterocycles. The van der Waals surface area contributed by atoms with E-state index >= 15 is 0 Å². The van der Waals surface area contributed by atoms with Gasteiger partial charge >= 0.3 is 366 Å². The molecule has 0 aliphatic rings. The summed E-state index contributed by atoms with van der Waals surface area (Å²) in [6.07, 6.45) is 3.92. The van der Waals surface area contributed by atoms with E-state index in [-0.39, 0.29) is 50.7 Å². The molecule has 3 nitrogen and oxygen atoms in total. The van der Waals surface area contributed by atoms with Crippen molar-refractivity contribution < 1.29 is 4.74 Å². The maximum absolute atomic E-state index is 7.00. The molecule has 0 N–H and O–H groups in total. The topological polar surface area (TPSA) is 35.0 Å². The van der Waals surface area contributed by atoms with Gasteiger partial charge in [-0.3, -0.25) is 0 Å². The van der Waals surface area contributed by atoms with Crippen molar-refractivity contribution in [2.45, 2.75) is 105 Å². The van der Waals surface area contributed by atoms with E-state index in [4.69, 9.17) is 14.7 Å². The normalized spacial score (nSPS) is 12.7. The zero-order valence-electron chi connectivity index (χ0n) is 36.7. The van der Waals surface area contributed by atoms with Gasteiger partial charge in [0, 0.05) is 0 Å². The Morgan fingerprint density at radius 3 is 1.07 bits per heavy atom. The molecule has 59 heavy (non-hydrogen) atoms. The molecule has 0 saturated carbocycles. The fourth-order valence-electron chi connectivity index (χ4n) is 7.49. The molecule has 0 aliphatic carbocycles. The SMILES string of the molecule is CC(C)(C)c1ccc(-c2cc3ccnc(-c4cc(Oc5cc(-c6nccc7cc(-c8ccc(C(C)(C)C)cc8)[se]c67)cc(C(C)(C)C)c5)cc(C(C)(C)C)c4)c3[se]2)cc1. The molecule has 300 valence electrons. The fraction of sp³-hybridized carbons (Fsp3) is 0.296. The van der Waals surface area contributed by atoms with E-state index in [0.717, 1.165) is 34.0 Å². The van der Waals surface area contributed by atoms with Crippen LogP contribution < -0.4 is 4.74 Å². The van der Waals surface area contributed by atoms with Gasteiger partial charge in [0.05, 0.1) is 0 Å². The number of rotatable bonds is 6. The van der Waals surface area contributed by atoms with Crippen molar-refractivity contribution >= 4 is 48.3 Å². The summed E-state index contributed by atoms with van der Waals surface area (Å²) in [6.45, 7) is 27.2. The third-order valence-electron chi connectivity index (χ3n) is 11.3. The summed E-state index contributed by atoms with van der Waals surface area (Å²) in [7, 11) is 0. The Balaban J connectivity index is 1.19. The summed E-state index contributed by atoms with van der Waals surface area (Å²) in [4.78, 5) is 10.1. The van der Waals surface area contributed by atoms with Crippen molar-refractivity contribution in [3.05, 3.63) is 144 Å². The van der Waals surface area contributed by atoms with Crippen molar-refractivity contribution in [3.63, 3.8) is 0 Å². The van der Waals surface area contributed by atoms with Gasteiger partial charge in [0.25, 0.3) is 0 Å². The Kier molecular flexibility index (Phi) is 10.6. The number of aromatic nitrogens is 2. The van der Waals surface area contributed by atoms with Gasteiger partial charge in [0.2, 0.25) is 0 Å². The van der Waals surface area contributed by atoms with Crippen LogP contribution in [0.2, 0.25) is 0 Å². The molecule has 0 unspecified atom stereocenters. The van der Waals surface area contributed by atoms with Crippen LogP contribution in [0.3, 0.4) is 0 Å². The zero-order chi connectivity index (χ0) is 42.1. The van der Waals surface area contributed by atoms with Crippen molar-refractivity contribution in [3.8, 4) is 54.0 Å². The van der Waals surface area contributed by atoms with Crippen LogP contribution in [0.25, 0.3) is 61.8 Å². The van der Waals surface area contributed by atoms with Gasteiger partial charge in [-0.25, -0.2) is 0 Å². The second-order valence-corrected chi connectivity index (χ2v) is 24.5. The van der Waals surface area contributed by atoms with Gasteiger partial charge in [-0.15, -0.1) is 0 Å². The summed E-state index contributed by atoms with van der Waals surface area (Å²) in [5.41, 5.74) is 12.1. The number of benzene rings is 4. The van der Waals surface area contributed by atoms with Crippen LogP contribution in [-0.2, 0) is 21.7 Å². The summed E-state index contributed by atoms with van der Waals surface area (Å²) in [6, 6.07) is 40.8. The average Bonchev–Trinajstić information content (AvgIpc) is 3.82. The maximum atomic E-state index is 7.00. The van der Waals surface area contributed by atoms with Gasteiger partial charge in [-0.05, 0) is 0 Å². The average molecular weight is 907 g/mol. The molecule has 0 bridgehead atoms. The summed E-state index contributed by atoms with van der Waals surface area (Å²) < 4.78 is 12.4. The zero-order valence-corrected chi connectivity index (χ0v) is 40.1. The molecule has 0 fully saturated rings. The second kappa shape index (κ2) is 15.2. The first-order valence-corrected chi connectivity index (χ1v) is 24.1. The Hall–Kier alpha value is -4.50. The molecule has 0 atom stereocenters. The van der Waals surface area contributed by atoms with E-state index in [2.05, 4.69) is 192 Å². The predicted molar refractivity (Wildman–Crippen MR) is 254 cm³/mol.